The third-order valence-electron chi connectivity index (χ3n) is 1.71. The van der Waals surface area contributed by atoms with Gasteiger partial charge in [0.25, 0.3) is 0 Å². The standard InChI is InChI=1S/C5H5NO2.2ClH/c7-4-2-1-3(2)5(8)6-4;;/h2-3H,1H2,(H,6,7,8);2*1H. The molecule has 0 radical (unpaired) electrons. The van der Waals surface area contributed by atoms with Crippen molar-refractivity contribution in [3.8, 4) is 0 Å². The third-order valence-corrected chi connectivity index (χ3v) is 1.71. The zero-order valence-electron chi connectivity index (χ0n) is 4.99. The second kappa shape index (κ2) is 2.76. The molecule has 2 atom stereocenters. The van der Waals surface area contributed by atoms with Crippen LogP contribution in [0, 0.1) is 11.8 Å². The third kappa shape index (κ3) is 1.11. The molecule has 3 nitrogen and oxygen atoms in total. The first-order valence-corrected chi connectivity index (χ1v) is 2.64. The van der Waals surface area contributed by atoms with E-state index in [2.05, 4.69) is 5.32 Å². The Kier molecular flexibility index (Phi) is 2.68. The van der Waals surface area contributed by atoms with Crippen LogP contribution in [0.15, 0.2) is 0 Å². The highest BCUT2D eigenvalue weighted by Gasteiger charge is 2.54. The first kappa shape index (κ1) is 9.72. The van der Waals surface area contributed by atoms with Gasteiger partial charge < -0.3 is 0 Å². The molecule has 2 amide bonds. The molecular formula is C5H7Cl2NO2. The summed E-state index contributed by atoms with van der Waals surface area (Å²) in [4.78, 5) is 21.0. The van der Waals surface area contributed by atoms with E-state index in [1.165, 1.54) is 0 Å². The fraction of sp³-hybridized carbons (Fsp3) is 0.600. The molecule has 5 heteroatoms. The molecule has 0 aromatic rings. The van der Waals surface area contributed by atoms with Crippen LogP contribution in [0.5, 0.6) is 0 Å². The summed E-state index contributed by atoms with van der Waals surface area (Å²) in [6.07, 6.45) is 0.796. The molecule has 0 spiro atoms. The molecule has 1 aliphatic carbocycles. The first-order chi connectivity index (χ1) is 3.79. The summed E-state index contributed by atoms with van der Waals surface area (Å²) in [7, 11) is 0. The fourth-order valence-corrected chi connectivity index (χ4v) is 1.08. The van der Waals surface area contributed by atoms with Gasteiger partial charge in [0.1, 0.15) is 0 Å². The molecule has 10 heavy (non-hydrogen) atoms. The van der Waals surface area contributed by atoms with Crippen LogP contribution in [-0.4, -0.2) is 11.8 Å². The maximum Gasteiger partial charge on any atom is 0.230 e. The second-order valence-corrected chi connectivity index (χ2v) is 2.30. The number of fused-ring (bicyclic) bond motifs is 1. The Labute approximate surface area is 70.4 Å². The maximum atomic E-state index is 10.5. The van der Waals surface area contributed by atoms with E-state index in [-0.39, 0.29) is 48.5 Å². The van der Waals surface area contributed by atoms with Crippen molar-refractivity contribution in [3.05, 3.63) is 0 Å². The Morgan fingerprint density at radius 1 is 1.10 bits per heavy atom. The number of halogens is 2. The zero-order chi connectivity index (χ0) is 5.72. The number of hydrogen-bond donors (Lipinski definition) is 1. The second-order valence-electron chi connectivity index (χ2n) is 2.30. The van der Waals surface area contributed by atoms with Crippen molar-refractivity contribution in [3.63, 3.8) is 0 Å². The van der Waals surface area contributed by atoms with E-state index in [9.17, 15) is 9.59 Å². The van der Waals surface area contributed by atoms with Crippen LogP contribution in [-0.2, 0) is 9.59 Å². The molecule has 1 aliphatic heterocycles. The van der Waals surface area contributed by atoms with Crippen molar-refractivity contribution in [2.45, 2.75) is 6.42 Å². The fourth-order valence-electron chi connectivity index (χ4n) is 1.08. The van der Waals surface area contributed by atoms with E-state index in [0.717, 1.165) is 6.42 Å². The van der Waals surface area contributed by atoms with Gasteiger partial charge in [-0.3, -0.25) is 14.9 Å². The van der Waals surface area contributed by atoms with Gasteiger partial charge in [-0.2, -0.15) is 0 Å². The molecule has 2 aliphatic rings. The van der Waals surface area contributed by atoms with Gasteiger partial charge in [0.15, 0.2) is 0 Å². The lowest BCUT2D eigenvalue weighted by atomic mass is 10.4. The molecule has 2 fully saturated rings. The summed E-state index contributed by atoms with van der Waals surface area (Å²) in [5.41, 5.74) is 0. The number of piperidine rings is 1. The molecule has 2 unspecified atom stereocenters. The lowest BCUT2D eigenvalue weighted by Gasteiger charge is -1.88. The summed E-state index contributed by atoms with van der Waals surface area (Å²) >= 11 is 0. The van der Waals surface area contributed by atoms with Crippen molar-refractivity contribution >= 4 is 36.6 Å². The summed E-state index contributed by atoms with van der Waals surface area (Å²) < 4.78 is 0. The molecule has 0 aromatic heterocycles. The van der Waals surface area contributed by atoms with Gasteiger partial charge in [0, 0.05) is 0 Å². The number of rotatable bonds is 0. The number of amides is 2. The van der Waals surface area contributed by atoms with Gasteiger partial charge in [-0.05, 0) is 6.42 Å². The summed E-state index contributed by atoms with van der Waals surface area (Å²) in [5, 5.41) is 2.24. The van der Waals surface area contributed by atoms with Crippen LogP contribution in [0.2, 0.25) is 0 Å². The molecule has 2 rings (SSSR count). The van der Waals surface area contributed by atoms with Crippen molar-refractivity contribution in [1.29, 1.82) is 0 Å². The van der Waals surface area contributed by atoms with Crippen molar-refractivity contribution < 1.29 is 9.59 Å². The monoisotopic (exact) mass is 183 g/mol. The topological polar surface area (TPSA) is 46.2 Å². The molecule has 1 N–H and O–H groups in total. The average Bonchev–Trinajstić information content (AvgIpc) is 2.35. The van der Waals surface area contributed by atoms with E-state index in [1.54, 1.807) is 0 Å². The van der Waals surface area contributed by atoms with E-state index in [1.807, 2.05) is 0 Å². The van der Waals surface area contributed by atoms with E-state index >= 15 is 0 Å². The summed E-state index contributed by atoms with van der Waals surface area (Å²) in [5.74, 6) is -0.0231. The van der Waals surface area contributed by atoms with Gasteiger partial charge >= 0.3 is 0 Å². The molecule has 1 saturated heterocycles. The zero-order valence-corrected chi connectivity index (χ0v) is 6.63. The number of imide groups is 1. The quantitative estimate of drug-likeness (QED) is 0.543. The Balaban J connectivity index is 0.000000405. The molecule has 0 aromatic carbocycles. The minimum atomic E-state index is -0.0694. The smallest absolute Gasteiger partial charge is 0.230 e. The summed E-state index contributed by atoms with van der Waals surface area (Å²) in [6, 6.07) is 0. The van der Waals surface area contributed by atoms with Gasteiger partial charge in [-0.1, -0.05) is 0 Å². The van der Waals surface area contributed by atoms with Crippen LogP contribution >= 0.6 is 24.8 Å². The minimum Gasteiger partial charge on any atom is -0.296 e. The van der Waals surface area contributed by atoms with Crippen LogP contribution in [0.3, 0.4) is 0 Å². The number of carbonyl (C=O) groups is 2. The van der Waals surface area contributed by atoms with Gasteiger partial charge in [0.2, 0.25) is 11.8 Å². The molecule has 58 valence electrons. The Morgan fingerprint density at radius 2 is 1.50 bits per heavy atom. The Hall–Kier alpha value is -0.280. The highest BCUT2D eigenvalue weighted by Crippen LogP contribution is 2.42. The number of carbonyl (C=O) groups excluding carboxylic acids is 2. The van der Waals surface area contributed by atoms with E-state index in [0.29, 0.717) is 0 Å². The predicted octanol–water partition coefficient (Wildman–Crippen LogP) is 0.122. The highest BCUT2D eigenvalue weighted by atomic mass is 35.5. The molecule has 0 bridgehead atoms. The Morgan fingerprint density at radius 3 is 1.60 bits per heavy atom. The SMILES string of the molecule is Cl.Cl.O=C1NC(=O)C2CC12. The van der Waals surface area contributed by atoms with Crippen LogP contribution < -0.4 is 5.32 Å². The van der Waals surface area contributed by atoms with E-state index < -0.39 is 0 Å². The average molecular weight is 184 g/mol. The predicted molar refractivity (Wildman–Crippen MR) is 39.2 cm³/mol. The van der Waals surface area contributed by atoms with Crippen LogP contribution in [0.25, 0.3) is 0 Å². The number of nitrogens with one attached hydrogen (secondary N) is 1. The minimum absolute atomic E-state index is 0. The largest absolute Gasteiger partial charge is 0.296 e. The van der Waals surface area contributed by atoms with Gasteiger partial charge in [-0.15, -0.1) is 24.8 Å². The maximum absolute atomic E-state index is 10.5. The van der Waals surface area contributed by atoms with Crippen LogP contribution in [0.1, 0.15) is 6.42 Å². The van der Waals surface area contributed by atoms with Crippen LogP contribution in [0.4, 0.5) is 0 Å². The van der Waals surface area contributed by atoms with Crippen molar-refractivity contribution in [1.82, 2.24) is 5.32 Å². The normalized spacial score (nSPS) is 33.2. The molecule has 1 heterocycles. The Bertz CT molecular complexity index is 164. The highest BCUT2D eigenvalue weighted by molar-refractivity contribution is 6.08. The first-order valence-electron chi connectivity index (χ1n) is 2.64. The lowest BCUT2D eigenvalue weighted by Crippen LogP contribution is -2.24. The number of hydrogen-bond acceptors (Lipinski definition) is 2. The molecule has 1 saturated carbocycles. The summed E-state index contributed by atoms with van der Waals surface area (Å²) in [6.45, 7) is 0. The van der Waals surface area contributed by atoms with Gasteiger partial charge in [-0.25, -0.2) is 0 Å². The lowest BCUT2D eigenvalue weighted by molar-refractivity contribution is -0.127. The van der Waals surface area contributed by atoms with Gasteiger partial charge in [0.05, 0.1) is 11.8 Å². The van der Waals surface area contributed by atoms with E-state index in [4.69, 9.17) is 0 Å². The van der Waals surface area contributed by atoms with Crippen molar-refractivity contribution in [2.24, 2.45) is 11.8 Å². The molecular weight excluding hydrogens is 177 g/mol. The van der Waals surface area contributed by atoms with Crippen molar-refractivity contribution in [2.75, 3.05) is 0 Å².